The Bertz CT molecular complexity index is 571. The molecule has 25 heavy (non-hydrogen) atoms. The number of amides is 2. The van der Waals surface area contributed by atoms with Gasteiger partial charge >= 0.3 is 0 Å². The van der Waals surface area contributed by atoms with Gasteiger partial charge in [-0.2, -0.15) is 0 Å². The summed E-state index contributed by atoms with van der Waals surface area (Å²) in [5.41, 5.74) is 5.97. The average Bonchev–Trinajstić information content (AvgIpc) is 3.09. The number of primary amides is 1. The molecule has 2 rings (SSSR count). The summed E-state index contributed by atoms with van der Waals surface area (Å²) in [4.78, 5) is 32.1. The standard InChI is InChI=1S/C18H29N5O2/c1-3-22(4-2)16-9-8-14(13-21-16)18(25)20-10-6-12-23-11-5-7-15(23)17(19)24/h8-9,13,15H,3-7,10-12H2,1-2H3,(H2,19,24)(H,20,25). The van der Waals surface area contributed by atoms with Crippen molar-refractivity contribution < 1.29 is 9.59 Å². The van der Waals surface area contributed by atoms with Gasteiger partial charge in [-0.25, -0.2) is 4.98 Å². The van der Waals surface area contributed by atoms with Gasteiger partial charge in [0.1, 0.15) is 5.82 Å². The van der Waals surface area contributed by atoms with Crippen molar-refractivity contribution in [2.45, 2.75) is 39.2 Å². The fraction of sp³-hybridized carbons (Fsp3) is 0.611. The summed E-state index contributed by atoms with van der Waals surface area (Å²) in [6.07, 6.45) is 4.25. The summed E-state index contributed by atoms with van der Waals surface area (Å²) in [5, 5.41) is 2.91. The van der Waals surface area contributed by atoms with E-state index in [1.807, 2.05) is 6.07 Å². The van der Waals surface area contributed by atoms with Gasteiger partial charge in [-0.1, -0.05) is 0 Å². The molecule has 2 amide bonds. The van der Waals surface area contributed by atoms with Crippen LogP contribution >= 0.6 is 0 Å². The molecule has 1 aromatic heterocycles. The van der Waals surface area contributed by atoms with Crippen LogP contribution in [0.4, 0.5) is 5.82 Å². The zero-order chi connectivity index (χ0) is 18.2. The van der Waals surface area contributed by atoms with Crippen LogP contribution in [0.15, 0.2) is 18.3 Å². The van der Waals surface area contributed by atoms with E-state index in [0.717, 1.165) is 51.3 Å². The number of hydrogen-bond acceptors (Lipinski definition) is 5. The highest BCUT2D eigenvalue weighted by Crippen LogP contribution is 2.16. The quantitative estimate of drug-likeness (QED) is 0.650. The number of pyridine rings is 1. The highest BCUT2D eigenvalue weighted by molar-refractivity contribution is 5.94. The summed E-state index contributed by atoms with van der Waals surface area (Å²) >= 11 is 0. The van der Waals surface area contributed by atoms with E-state index >= 15 is 0 Å². The molecule has 0 bridgehead atoms. The van der Waals surface area contributed by atoms with E-state index in [4.69, 9.17) is 5.73 Å². The van der Waals surface area contributed by atoms with E-state index in [0.29, 0.717) is 12.1 Å². The van der Waals surface area contributed by atoms with Gasteiger partial charge < -0.3 is 16.0 Å². The van der Waals surface area contributed by atoms with Gasteiger partial charge in [-0.3, -0.25) is 14.5 Å². The van der Waals surface area contributed by atoms with Crippen LogP contribution in [-0.2, 0) is 4.79 Å². The lowest BCUT2D eigenvalue weighted by Crippen LogP contribution is -2.41. The molecule has 1 aromatic rings. The normalized spacial score (nSPS) is 17.4. The van der Waals surface area contributed by atoms with Gasteiger partial charge in [0.05, 0.1) is 11.6 Å². The molecule has 7 nitrogen and oxygen atoms in total. The second-order valence-corrected chi connectivity index (χ2v) is 6.28. The van der Waals surface area contributed by atoms with Gasteiger partial charge in [0.25, 0.3) is 5.91 Å². The first-order valence-electron chi connectivity index (χ1n) is 9.09. The monoisotopic (exact) mass is 347 g/mol. The smallest absolute Gasteiger partial charge is 0.252 e. The second-order valence-electron chi connectivity index (χ2n) is 6.28. The molecule has 1 unspecified atom stereocenters. The van der Waals surface area contributed by atoms with Crippen LogP contribution in [0.3, 0.4) is 0 Å². The van der Waals surface area contributed by atoms with Gasteiger partial charge in [0.15, 0.2) is 0 Å². The summed E-state index contributed by atoms with van der Waals surface area (Å²) in [5.74, 6) is 0.514. The van der Waals surface area contributed by atoms with Crippen molar-refractivity contribution in [2.24, 2.45) is 5.73 Å². The molecule has 0 aliphatic carbocycles. The maximum atomic E-state index is 12.2. The van der Waals surface area contributed by atoms with E-state index in [2.05, 4.69) is 33.9 Å². The molecule has 1 saturated heterocycles. The molecule has 0 aromatic carbocycles. The van der Waals surface area contributed by atoms with Crippen molar-refractivity contribution in [3.8, 4) is 0 Å². The molecule has 7 heteroatoms. The Morgan fingerprint density at radius 2 is 2.12 bits per heavy atom. The molecular weight excluding hydrogens is 318 g/mol. The average molecular weight is 347 g/mol. The first-order valence-corrected chi connectivity index (χ1v) is 9.09. The number of nitrogens with one attached hydrogen (secondary N) is 1. The zero-order valence-corrected chi connectivity index (χ0v) is 15.2. The zero-order valence-electron chi connectivity index (χ0n) is 15.2. The number of anilines is 1. The minimum atomic E-state index is -0.249. The Hall–Kier alpha value is -2.15. The van der Waals surface area contributed by atoms with E-state index < -0.39 is 0 Å². The lowest BCUT2D eigenvalue weighted by Gasteiger charge is -2.21. The van der Waals surface area contributed by atoms with E-state index in [9.17, 15) is 9.59 Å². The van der Waals surface area contributed by atoms with Gasteiger partial charge in [-0.15, -0.1) is 0 Å². The van der Waals surface area contributed by atoms with Crippen LogP contribution in [-0.4, -0.2) is 60.5 Å². The number of carbonyl (C=O) groups excluding carboxylic acids is 2. The molecule has 3 N–H and O–H groups in total. The summed E-state index contributed by atoms with van der Waals surface area (Å²) in [6.45, 7) is 8.17. The number of aromatic nitrogens is 1. The summed E-state index contributed by atoms with van der Waals surface area (Å²) in [7, 11) is 0. The Morgan fingerprint density at radius 1 is 1.36 bits per heavy atom. The molecule has 0 spiro atoms. The third-order valence-electron chi connectivity index (χ3n) is 4.70. The number of nitrogens with zero attached hydrogens (tertiary/aromatic N) is 3. The highest BCUT2D eigenvalue weighted by Gasteiger charge is 2.28. The van der Waals surface area contributed by atoms with Crippen molar-refractivity contribution in [2.75, 3.05) is 37.6 Å². The van der Waals surface area contributed by atoms with Crippen molar-refractivity contribution in [1.82, 2.24) is 15.2 Å². The molecule has 1 aliphatic heterocycles. The number of hydrogen-bond donors (Lipinski definition) is 2. The molecule has 1 aliphatic rings. The van der Waals surface area contributed by atoms with E-state index in [1.54, 1.807) is 12.3 Å². The van der Waals surface area contributed by atoms with Crippen LogP contribution in [0.5, 0.6) is 0 Å². The Morgan fingerprint density at radius 3 is 2.72 bits per heavy atom. The molecule has 1 fully saturated rings. The minimum absolute atomic E-state index is 0.119. The van der Waals surface area contributed by atoms with Crippen LogP contribution in [0.2, 0.25) is 0 Å². The molecule has 138 valence electrons. The second kappa shape index (κ2) is 9.36. The predicted octanol–water partition coefficient (Wildman–Crippen LogP) is 0.997. The minimum Gasteiger partial charge on any atom is -0.368 e. The van der Waals surface area contributed by atoms with Crippen molar-refractivity contribution >= 4 is 17.6 Å². The van der Waals surface area contributed by atoms with Crippen molar-refractivity contribution in [3.63, 3.8) is 0 Å². The fourth-order valence-electron chi connectivity index (χ4n) is 3.26. The number of rotatable bonds is 9. The molecular formula is C18H29N5O2. The lowest BCUT2D eigenvalue weighted by molar-refractivity contribution is -0.122. The third kappa shape index (κ3) is 5.16. The number of carbonyl (C=O) groups is 2. The van der Waals surface area contributed by atoms with Crippen molar-refractivity contribution in [3.05, 3.63) is 23.9 Å². The van der Waals surface area contributed by atoms with Crippen LogP contribution < -0.4 is 16.0 Å². The van der Waals surface area contributed by atoms with E-state index in [-0.39, 0.29) is 17.9 Å². The summed E-state index contributed by atoms with van der Waals surface area (Å²) in [6, 6.07) is 3.54. The number of nitrogens with two attached hydrogens (primary N) is 1. The van der Waals surface area contributed by atoms with Crippen molar-refractivity contribution in [1.29, 1.82) is 0 Å². The maximum Gasteiger partial charge on any atom is 0.252 e. The van der Waals surface area contributed by atoms with Gasteiger partial charge in [-0.05, 0) is 51.8 Å². The van der Waals surface area contributed by atoms with Gasteiger partial charge in [0.2, 0.25) is 5.91 Å². The fourth-order valence-corrected chi connectivity index (χ4v) is 3.26. The van der Waals surface area contributed by atoms with Crippen LogP contribution in [0.1, 0.15) is 43.5 Å². The summed E-state index contributed by atoms with van der Waals surface area (Å²) < 4.78 is 0. The topological polar surface area (TPSA) is 91.6 Å². The molecule has 0 radical (unpaired) electrons. The van der Waals surface area contributed by atoms with E-state index in [1.165, 1.54) is 0 Å². The third-order valence-corrected chi connectivity index (χ3v) is 4.70. The predicted molar refractivity (Wildman–Crippen MR) is 98.5 cm³/mol. The van der Waals surface area contributed by atoms with Gasteiger partial charge in [0, 0.05) is 32.4 Å². The SMILES string of the molecule is CCN(CC)c1ccc(C(=O)NCCCN2CCCC2C(N)=O)cn1. The Kier molecular flexibility index (Phi) is 7.18. The van der Waals surface area contributed by atoms with Crippen LogP contribution in [0.25, 0.3) is 0 Å². The largest absolute Gasteiger partial charge is 0.368 e. The first kappa shape index (κ1) is 19.2. The van der Waals surface area contributed by atoms with Crippen LogP contribution in [0, 0.1) is 0 Å². The Labute approximate surface area is 149 Å². The number of likely N-dealkylation sites (tertiary alicyclic amines) is 1. The highest BCUT2D eigenvalue weighted by atomic mass is 16.2. The lowest BCUT2D eigenvalue weighted by atomic mass is 10.2. The molecule has 2 heterocycles. The first-order chi connectivity index (χ1) is 12.1. The Balaban J connectivity index is 1.76. The molecule has 0 saturated carbocycles. The maximum absolute atomic E-state index is 12.2. The molecule has 1 atom stereocenters.